The number of halogens is 2. The number of fused-ring (bicyclic) bond motifs is 1. The minimum absolute atomic E-state index is 0.624. The summed E-state index contributed by atoms with van der Waals surface area (Å²) in [5.74, 6) is 0. The summed E-state index contributed by atoms with van der Waals surface area (Å²) in [6, 6.07) is 7.23. The number of nitrogens with zero attached hydrogens (tertiary/aromatic N) is 2. The molecule has 19 heavy (non-hydrogen) atoms. The molecule has 0 aliphatic heterocycles. The van der Waals surface area contributed by atoms with Gasteiger partial charge in [-0.3, -0.25) is 0 Å². The number of nitrogen functional groups attached to an aromatic ring is 1. The van der Waals surface area contributed by atoms with Crippen molar-refractivity contribution in [3.8, 4) is 11.3 Å². The van der Waals surface area contributed by atoms with Crippen molar-refractivity contribution >= 4 is 34.5 Å². The van der Waals surface area contributed by atoms with Crippen LogP contribution in [0.5, 0.6) is 0 Å². The highest BCUT2D eigenvalue weighted by molar-refractivity contribution is 6.35. The molecule has 0 aliphatic carbocycles. The van der Waals surface area contributed by atoms with Gasteiger partial charge in [-0.15, -0.1) is 0 Å². The molecule has 3 nitrogen and oxygen atoms in total. The lowest BCUT2D eigenvalue weighted by Crippen LogP contribution is -1.92. The molecule has 0 saturated heterocycles. The first kappa shape index (κ1) is 12.3. The number of aryl methyl sites for hydroxylation is 1. The van der Waals surface area contributed by atoms with Gasteiger partial charge in [0.2, 0.25) is 0 Å². The highest BCUT2D eigenvalue weighted by atomic mass is 35.5. The standard InChI is InChI=1S/C14H11Cl2N3/c1-8-4-10(17)6-19-7-13(18-14(8)19)11-5-9(15)2-3-12(11)16/h2-7H,17H2,1H3. The maximum atomic E-state index is 6.20. The Hall–Kier alpha value is -1.71. The molecular weight excluding hydrogens is 281 g/mol. The molecule has 2 N–H and O–H groups in total. The summed E-state index contributed by atoms with van der Waals surface area (Å²) in [5, 5.41) is 1.26. The van der Waals surface area contributed by atoms with E-state index in [0.29, 0.717) is 15.7 Å². The van der Waals surface area contributed by atoms with E-state index in [2.05, 4.69) is 4.98 Å². The quantitative estimate of drug-likeness (QED) is 0.730. The molecule has 0 bridgehead atoms. The molecule has 0 unspecified atom stereocenters. The first-order valence-corrected chi connectivity index (χ1v) is 6.50. The van der Waals surface area contributed by atoms with Crippen molar-refractivity contribution in [3.05, 3.63) is 52.3 Å². The third kappa shape index (κ3) is 2.15. The van der Waals surface area contributed by atoms with Crippen LogP contribution in [0, 0.1) is 6.92 Å². The predicted molar refractivity (Wildman–Crippen MR) is 79.8 cm³/mol. The first-order chi connectivity index (χ1) is 9.04. The summed E-state index contributed by atoms with van der Waals surface area (Å²) in [7, 11) is 0. The van der Waals surface area contributed by atoms with Crippen molar-refractivity contribution in [2.24, 2.45) is 0 Å². The molecule has 0 aliphatic rings. The second-order valence-electron chi connectivity index (χ2n) is 4.44. The molecule has 1 aromatic carbocycles. The summed E-state index contributed by atoms with van der Waals surface area (Å²) in [4.78, 5) is 4.59. The zero-order valence-corrected chi connectivity index (χ0v) is 11.7. The van der Waals surface area contributed by atoms with Crippen LogP contribution in [0.15, 0.2) is 36.7 Å². The van der Waals surface area contributed by atoms with E-state index in [1.165, 1.54) is 0 Å². The molecule has 5 heteroatoms. The Bertz CT molecular complexity index is 778. The van der Waals surface area contributed by atoms with Gasteiger partial charge >= 0.3 is 0 Å². The Morgan fingerprint density at radius 3 is 2.74 bits per heavy atom. The summed E-state index contributed by atoms with van der Waals surface area (Å²) >= 11 is 12.2. The van der Waals surface area contributed by atoms with Gasteiger partial charge in [0.1, 0.15) is 5.65 Å². The largest absolute Gasteiger partial charge is 0.398 e. The third-order valence-corrected chi connectivity index (χ3v) is 3.53. The van der Waals surface area contributed by atoms with Gasteiger partial charge in [-0.1, -0.05) is 23.2 Å². The van der Waals surface area contributed by atoms with Gasteiger partial charge in [-0.25, -0.2) is 4.98 Å². The summed E-state index contributed by atoms with van der Waals surface area (Å²) in [6.07, 6.45) is 3.73. The van der Waals surface area contributed by atoms with Crippen LogP contribution in [0.3, 0.4) is 0 Å². The predicted octanol–water partition coefficient (Wildman–Crippen LogP) is 4.20. The molecule has 2 heterocycles. The van der Waals surface area contributed by atoms with Crippen molar-refractivity contribution in [1.82, 2.24) is 9.38 Å². The lowest BCUT2D eigenvalue weighted by Gasteiger charge is -2.00. The van der Waals surface area contributed by atoms with Crippen LogP contribution < -0.4 is 5.73 Å². The van der Waals surface area contributed by atoms with Gasteiger partial charge in [-0.05, 0) is 36.8 Å². The molecule has 0 fully saturated rings. The number of imidazole rings is 1. The highest BCUT2D eigenvalue weighted by Crippen LogP contribution is 2.30. The van der Waals surface area contributed by atoms with E-state index in [9.17, 15) is 0 Å². The number of anilines is 1. The van der Waals surface area contributed by atoms with Crippen molar-refractivity contribution in [2.45, 2.75) is 6.92 Å². The van der Waals surface area contributed by atoms with E-state index in [4.69, 9.17) is 28.9 Å². The van der Waals surface area contributed by atoms with E-state index >= 15 is 0 Å². The normalized spacial score (nSPS) is 11.1. The third-order valence-electron chi connectivity index (χ3n) is 2.96. The van der Waals surface area contributed by atoms with E-state index < -0.39 is 0 Å². The van der Waals surface area contributed by atoms with Gasteiger partial charge in [0.25, 0.3) is 0 Å². The van der Waals surface area contributed by atoms with Gasteiger partial charge < -0.3 is 10.1 Å². The topological polar surface area (TPSA) is 43.3 Å². The average Bonchev–Trinajstić information content (AvgIpc) is 2.76. The van der Waals surface area contributed by atoms with Crippen LogP contribution in [-0.2, 0) is 0 Å². The van der Waals surface area contributed by atoms with Crippen molar-refractivity contribution in [1.29, 1.82) is 0 Å². The van der Waals surface area contributed by atoms with Crippen LogP contribution in [0.25, 0.3) is 16.9 Å². The Morgan fingerprint density at radius 2 is 1.95 bits per heavy atom. The molecule has 0 amide bonds. The molecule has 0 radical (unpaired) electrons. The number of hydrogen-bond acceptors (Lipinski definition) is 2. The fourth-order valence-electron chi connectivity index (χ4n) is 2.12. The van der Waals surface area contributed by atoms with Gasteiger partial charge in [0, 0.05) is 28.7 Å². The zero-order valence-electron chi connectivity index (χ0n) is 10.2. The summed E-state index contributed by atoms with van der Waals surface area (Å²) in [6.45, 7) is 1.97. The number of benzene rings is 1. The lowest BCUT2D eigenvalue weighted by atomic mass is 10.2. The zero-order chi connectivity index (χ0) is 13.6. The molecule has 3 rings (SSSR count). The Kier molecular flexibility index (Phi) is 2.88. The van der Waals surface area contributed by atoms with Gasteiger partial charge in [0.15, 0.2) is 0 Å². The number of rotatable bonds is 1. The van der Waals surface area contributed by atoms with Crippen molar-refractivity contribution < 1.29 is 0 Å². The van der Waals surface area contributed by atoms with E-state index in [-0.39, 0.29) is 0 Å². The van der Waals surface area contributed by atoms with E-state index in [1.807, 2.05) is 35.9 Å². The monoisotopic (exact) mass is 291 g/mol. The van der Waals surface area contributed by atoms with Crippen LogP contribution in [-0.4, -0.2) is 9.38 Å². The molecular formula is C14H11Cl2N3. The van der Waals surface area contributed by atoms with Crippen molar-refractivity contribution in [3.63, 3.8) is 0 Å². The van der Waals surface area contributed by atoms with E-state index in [0.717, 1.165) is 22.5 Å². The number of hydrogen-bond donors (Lipinski definition) is 1. The van der Waals surface area contributed by atoms with Crippen molar-refractivity contribution in [2.75, 3.05) is 5.73 Å². The summed E-state index contributed by atoms with van der Waals surface area (Å²) in [5.41, 5.74) is 10.0. The first-order valence-electron chi connectivity index (χ1n) is 5.75. The fraction of sp³-hybridized carbons (Fsp3) is 0.0714. The average molecular weight is 292 g/mol. The molecule has 96 valence electrons. The van der Waals surface area contributed by atoms with Gasteiger partial charge in [-0.2, -0.15) is 0 Å². The fourth-order valence-corrected chi connectivity index (χ4v) is 2.51. The molecule has 0 spiro atoms. The molecule has 0 atom stereocenters. The minimum atomic E-state index is 0.624. The number of nitrogens with two attached hydrogens (primary N) is 1. The minimum Gasteiger partial charge on any atom is -0.398 e. The SMILES string of the molecule is Cc1cc(N)cn2cc(-c3cc(Cl)ccc3Cl)nc12. The maximum absolute atomic E-state index is 6.20. The Morgan fingerprint density at radius 1 is 1.16 bits per heavy atom. The Labute approximate surface area is 120 Å². The highest BCUT2D eigenvalue weighted by Gasteiger charge is 2.10. The lowest BCUT2D eigenvalue weighted by molar-refractivity contribution is 1.17. The molecule has 0 saturated carbocycles. The second-order valence-corrected chi connectivity index (χ2v) is 5.28. The summed E-state index contributed by atoms with van der Waals surface area (Å²) < 4.78 is 1.90. The van der Waals surface area contributed by atoms with E-state index in [1.54, 1.807) is 12.1 Å². The maximum Gasteiger partial charge on any atom is 0.140 e. The van der Waals surface area contributed by atoms with Crippen LogP contribution in [0.1, 0.15) is 5.56 Å². The van der Waals surface area contributed by atoms with Crippen LogP contribution in [0.4, 0.5) is 5.69 Å². The van der Waals surface area contributed by atoms with Crippen LogP contribution >= 0.6 is 23.2 Å². The molecule has 3 aromatic rings. The Balaban J connectivity index is 2.26. The number of aromatic nitrogens is 2. The van der Waals surface area contributed by atoms with Gasteiger partial charge in [0.05, 0.1) is 10.7 Å². The smallest absolute Gasteiger partial charge is 0.140 e. The number of pyridine rings is 1. The van der Waals surface area contributed by atoms with Crippen LogP contribution in [0.2, 0.25) is 10.0 Å². The second kappa shape index (κ2) is 4.44. The molecule has 2 aromatic heterocycles.